The van der Waals surface area contributed by atoms with Crippen molar-refractivity contribution in [1.82, 2.24) is 14.9 Å². The van der Waals surface area contributed by atoms with Crippen LogP contribution in [0.25, 0.3) is 10.9 Å². The standard InChI is InChI=1S/C23H27ClN4O2/c1-16(21-26-20-9-5-4-8-19(20)22(29)27-21)28(15-7-3-2-6-14-25)23(30)17-10-12-18(24)13-11-17/h4-5,8-13,16H,2-3,6-7,14-15,25H2,1H3,(H,26,27,29)/t16-/m0/s1. The Morgan fingerprint density at radius 3 is 2.53 bits per heavy atom. The number of unbranched alkanes of at least 4 members (excludes halogenated alkanes) is 3. The summed E-state index contributed by atoms with van der Waals surface area (Å²) in [5.41, 5.74) is 6.54. The lowest BCUT2D eigenvalue weighted by Gasteiger charge is -2.29. The minimum Gasteiger partial charge on any atom is -0.330 e. The first-order chi connectivity index (χ1) is 14.5. The summed E-state index contributed by atoms with van der Waals surface area (Å²) in [6, 6.07) is 13.6. The van der Waals surface area contributed by atoms with E-state index in [2.05, 4.69) is 9.97 Å². The van der Waals surface area contributed by atoms with Gasteiger partial charge >= 0.3 is 0 Å². The van der Waals surface area contributed by atoms with Gasteiger partial charge in [-0.15, -0.1) is 0 Å². The molecule has 0 saturated carbocycles. The number of amides is 1. The third-order valence-corrected chi connectivity index (χ3v) is 5.45. The SMILES string of the molecule is C[C@@H](c1nc2ccccc2c(=O)[nH]1)N(CCCCCCN)C(=O)c1ccc(Cl)cc1. The van der Waals surface area contributed by atoms with Crippen LogP contribution in [0.15, 0.2) is 53.3 Å². The monoisotopic (exact) mass is 426 g/mol. The van der Waals surface area contributed by atoms with Crippen LogP contribution in [0.5, 0.6) is 0 Å². The molecule has 6 nitrogen and oxygen atoms in total. The van der Waals surface area contributed by atoms with Crippen molar-refractivity contribution in [1.29, 1.82) is 0 Å². The predicted molar refractivity (Wildman–Crippen MR) is 121 cm³/mol. The van der Waals surface area contributed by atoms with Gasteiger partial charge in [0.25, 0.3) is 11.5 Å². The molecule has 2 aromatic carbocycles. The Morgan fingerprint density at radius 2 is 1.80 bits per heavy atom. The van der Waals surface area contributed by atoms with Gasteiger partial charge in [0.1, 0.15) is 5.82 Å². The predicted octanol–water partition coefficient (Wildman–Crippen LogP) is 4.30. The summed E-state index contributed by atoms with van der Waals surface area (Å²) < 4.78 is 0. The first-order valence-corrected chi connectivity index (χ1v) is 10.6. The molecule has 30 heavy (non-hydrogen) atoms. The van der Waals surface area contributed by atoms with E-state index >= 15 is 0 Å². The highest BCUT2D eigenvalue weighted by Crippen LogP contribution is 2.22. The number of rotatable bonds is 9. The van der Waals surface area contributed by atoms with Crippen molar-refractivity contribution in [3.05, 3.63) is 75.3 Å². The fourth-order valence-electron chi connectivity index (χ4n) is 3.46. The van der Waals surface area contributed by atoms with Gasteiger partial charge in [-0.05, 0) is 62.7 Å². The molecule has 158 valence electrons. The number of nitrogens with zero attached hydrogens (tertiary/aromatic N) is 2. The molecular weight excluding hydrogens is 400 g/mol. The van der Waals surface area contributed by atoms with Crippen molar-refractivity contribution in [3.8, 4) is 0 Å². The van der Waals surface area contributed by atoms with E-state index in [1.54, 1.807) is 47.4 Å². The van der Waals surface area contributed by atoms with Crippen LogP contribution in [0.4, 0.5) is 0 Å². The van der Waals surface area contributed by atoms with Gasteiger partial charge in [0, 0.05) is 17.1 Å². The third-order valence-electron chi connectivity index (χ3n) is 5.20. The van der Waals surface area contributed by atoms with Crippen LogP contribution in [0.2, 0.25) is 5.02 Å². The number of H-pyrrole nitrogens is 1. The molecule has 1 atom stereocenters. The van der Waals surface area contributed by atoms with E-state index in [9.17, 15) is 9.59 Å². The summed E-state index contributed by atoms with van der Waals surface area (Å²) in [5, 5.41) is 1.11. The van der Waals surface area contributed by atoms with Gasteiger partial charge in [-0.3, -0.25) is 9.59 Å². The maximum atomic E-state index is 13.3. The van der Waals surface area contributed by atoms with Crippen LogP contribution < -0.4 is 11.3 Å². The third kappa shape index (κ3) is 5.26. The number of halogens is 1. The minimum atomic E-state index is -0.389. The molecule has 0 aliphatic heterocycles. The Kier molecular flexibility index (Phi) is 7.60. The van der Waals surface area contributed by atoms with E-state index in [-0.39, 0.29) is 17.5 Å². The molecule has 0 bridgehead atoms. The first kappa shape index (κ1) is 22.0. The molecule has 3 N–H and O–H groups in total. The Morgan fingerprint density at radius 1 is 1.10 bits per heavy atom. The lowest BCUT2D eigenvalue weighted by Crippen LogP contribution is -2.36. The maximum Gasteiger partial charge on any atom is 0.258 e. The topological polar surface area (TPSA) is 92.1 Å². The fourth-order valence-corrected chi connectivity index (χ4v) is 3.59. The van der Waals surface area contributed by atoms with Gasteiger partial charge in [-0.2, -0.15) is 0 Å². The molecule has 1 aromatic heterocycles. The molecule has 0 unspecified atom stereocenters. The number of benzene rings is 2. The molecule has 0 aliphatic carbocycles. The van der Waals surface area contributed by atoms with Crippen molar-refractivity contribution in [3.63, 3.8) is 0 Å². The second kappa shape index (κ2) is 10.4. The van der Waals surface area contributed by atoms with Crippen LogP contribution in [0, 0.1) is 0 Å². The van der Waals surface area contributed by atoms with Crippen LogP contribution in [0.3, 0.4) is 0 Å². The highest BCUT2D eigenvalue weighted by molar-refractivity contribution is 6.30. The van der Waals surface area contributed by atoms with Gasteiger partial charge in [0.05, 0.1) is 16.9 Å². The summed E-state index contributed by atoms with van der Waals surface area (Å²) in [6.07, 6.45) is 3.83. The van der Waals surface area contributed by atoms with E-state index in [4.69, 9.17) is 17.3 Å². The summed E-state index contributed by atoms with van der Waals surface area (Å²) in [5.74, 6) is 0.358. The quantitative estimate of drug-likeness (QED) is 0.499. The lowest BCUT2D eigenvalue weighted by atomic mass is 10.1. The molecule has 0 aliphatic rings. The van der Waals surface area contributed by atoms with Crippen molar-refractivity contribution in [2.75, 3.05) is 13.1 Å². The second-order valence-corrected chi connectivity index (χ2v) is 7.79. The number of fused-ring (bicyclic) bond motifs is 1. The van der Waals surface area contributed by atoms with E-state index in [1.165, 1.54) is 0 Å². The van der Waals surface area contributed by atoms with Crippen molar-refractivity contribution in [2.45, 2.75) is 38.6 Å². The summed E-state index contributed by atoms with van der Waals surface area (Å²) in [4.78, 5) is 35.0. The summed E-state index contributed by atoms with van der Waals surface area (Å²) >= 11 is 5.97. The zero-order chi connectivity index (χ0) is 21.5. The Labute approximate surface area is 181 Å². The number of aromatic amines is 1. The van der Waals surface area contributed by atoms with Crippen LogP contribution in [0.1, 0.15) is 54.8 Å². The zero-order valence-electron chi connectivity index (χ0n) is 17.1. The number of nitrogens with two attached hydrogens (primary N) is 1. The smallest absolute Gasteiger partial charge is 0.258 e. The van der Waals surface area contributed by atoms with Gasteiger partial charge in [0.2, 0.25) is 0 Å². The average molecular weight is 427 g/mol. The molecule has 1 heterocycles. The molecule has 0 fully saturated rings. The minimum absolute atomic E-state index is 0.117. The van der Waals surface area contributed by atoms with Crippen LogP contribution in [-0.4, -0.2) is 33.9 Å². The molecule has 0 spiro atoms. The van der Waals surface area contributed by atoms with Crippen LogP contribution >= 0.6 is 11.6 Å². The number of hydrogen-bond acceptors (Lipinski definition) is 4. The Hall–Kier alpha value is -2.70. The Bertz CT molecular complexity index is 1050. The largest absolute Gasteiger partial charge is 0.330 e. The highest BCUT2D eigenvalue weighted by Gasteiger charge is 2.24. The van der Waals surface area contributed by atoms with E-state index in [1.807, 2.05) is 13.0 Å². The van der Waals surface area contributed by atoms with Crippen molar-refractivity contribution in [2.24, 2.45) is 5.73 Å². The van der Waals surface area contributed by atoms with E-state index < -0.39 is 0 Å². The van der Waals surface area contributed by atoms with Gasteiger partial charge in [-0.25, -0.2) is 4.98 Å². The van der Waals surface area contributed by atoms with Gasteiger partial charge < -0.3 is 15.6 Å². The van der Waals surface area contributed by atoms with Gasteiger partial charge in [0.15, 0.2) is 0 Å². The molecule has 0 radical (unpaired) electrons. The molecule has 3 aromatic rings. The molecule has 1 amide bonds. The maximum absolute atomic E-state index is 13.3. The summed E-state index contributed by atoms with van der Waals surface area (Å²) in [6.45, 7) is 3.12. The number of para-hydroxylation sites is 1. The number of carbonyl (C=O) groups excluding carboxylic acids is 1. The summed E-state index contributed by atoms with van der Waals surface area (Å²) in [7, 11) is 0. The average Bonchev–Trinajstić information content (AvgIpc) is 2.76. The van der Waals surface area contributed by atoms with Gasteiger partial charge in [-0.1, -0.05) is 36.6 Å². The number of carbonyl (C=O) groups is 1. The molecular formula is C23H27ClN4O2. The lowest BCUT2D eigenvalue weighted by molar-refractivity contribution is 0.0679. The second-order valence-electron chi connectivity index (χ2n) is 7.35. The molecule has 3 rings (SSSR count). The molecule has 7 heteroatoms. The van der Waals surface area contributed by atoms with Crippen molar-refractivity contribution < 1.29 is 4.79 Å². The normalized spacial score (nSPS) is 12.1. The molecule has 0 saturated heterocycles. The fraction of sp³-hybridized carbons (Fsp3) is 0.348. The Balaban J connectivity index is 1.88. The number of aromatic nitrogens is 2. The zero-order valence-corrected chi connectivity index (χ0v) is 17.9. The first-order valence-electron chi connectivity index (χ1n) is 10.3. The van der Waals surface area contributed by atoms with Crippen molar-refractivity contribution >= 4 is 28.4 Å². The highest BCUT2D eigenvalue weighted by atomic mass is 35.5. The van der Waals surface area contributed by atoms with E-state index in [0.29, 0.717) is 40.4 Å². The van der Waals surface area contributed by atoms with E-state index in [0.717, 1.165) is 25.7 Å². The number of nitrogens with one attached hydrogen (secondary N) is 1. The van der Waals surface area contributed by atoms with Crippen LogP contribution in [-0.2, 0) is 0 Å². The number of hydrogen-bond donors (Lipinski definition) is 2.